The molecule has 1 rings (SSSR count). The van der Waals surface area contributed by atoms with Gasteiger partial charge in [-0.2, -0.15) is 0 Å². The zero-order valence-corrected chi connectivity index (χ0v) is 10.7. The molecule has 0 aromatic heterocycles. The monoisotopic (exact) mass is 255 g/mol. The number of hydrogen-bond donors (Lipinski definition) is 1. The van der Waals surface area contributed by atoms with E-state index in [-0.39, 0.29) is 12.2 Å². The van der Waals surface area contributed by atoms with E-state index in [1.54, 1.807) is 0 Å². The summed E-state index contributed by atoms with van der Waals surface area (Å²) in [6.45, 7) is 2.35. The lowest BCUT2D eigenvalue weighted by atomic mass is 10.3. The highest BCUT2D eigenvalue weighted by Gasteiger charge is 2.07. The Kier molecular flexibility index (Phi) is 5.97. The van der Waals surface area contributed by atoms with Crippen molar-refractivity contribution in [3.05, 3.63) is 24.0 Å². The Morgan fingerprint density at radius 3 is 2.89 bits per heavy atom. The molecule has 0 amide bonds. The largest absolute Gasteiger partial charge is 0.497 e. The summed E-state index contributed by atoms with van der Waals surface area (Å²) < 4.78 is 23.3. The molecule has 1 aromatic carbocycles. The lowest BCUT2D eigenvalue weighted by Gasteiger charge is -2.09. The smallest absolute Gasteiger partial charge is 0.325 e. The third-order valence-corrected chi connectivity index (χ3v) is 2.36. The van der Waals surface area contributed by atoms with Crippen molar-refractivity contribution < 1.29 is 18.7 Å². The van der Waals surface area contributed by atoms with Crippen molar-refractivity contribution in [1.29, 1.82) is 0 Å². The molecule has 0 aliphatic carbocycles. The Hall–Kier alpha value is -1.78. The first-order valence-electron chi connectivity index (χ1n) is 5.90. The fraction of sp³-hybridized carbons (Fsp3) is 0.462. The Labute approximate surface area is 106 Å². The van der Waals surface area contributed by atoms with Crippen molar-refractivity contribution in [3.63, 3.8) is 0 Å². The molecule has 0 saturated heterocycles. The molecule has 0 unspecified atom stereocenters. The van der Waals surface area contributed by atoms with Crippen LogP contribution in [0.5, 0.6) is 5.75 Å². The fourth-order valence-corrected chi connectivity index (χ4v) is 1.32. The van der Waals surface area contributed by atoms with Crippen LogP contribution in [-0.2, 0) is 9.53 Å². The number of carbonyl (C=O) groups is 1. The minimum absolute atomic E-state index is 0.0617. The van der Waals surface area contributed by atoms with Gasteiger partial charge < -0.3 is 14.8 Å². The summed E-state index contributed by atoms with van der Waals surface area (Å²) in [6.07, 6.45) is 1.80. The number of esters is 1. The van der Waals surface area contributed by atoms with E-state index in [1.165, 1.54) is 25.3 Å². The predicted octanol–water partition coefficient (Wildman–Crippen LogP) is 2.59. The molecule has 0 aliphatic rings. The fourth-order valence-electron chi connectivity index (χ4n) is 1.32. The number of benzene rings is 1. The molecule has 1 aromatic rings. The SMILES string of the molecule is CCCCOC(=O)CNc1cc(OC)ccc1F. The molecule has 4 nitrogen and oxygen atoms in total. The predicted molar refractivity (Wildman–Crippen MR) is 67.3 cm³/mol. The standard InChI is InChI=1S/C13H18FNO3/c1-3-4-7-18-13(16)9-15-12-8-10(17-2)5-6-11(12)14/h5-6,8,15H,3-4,7,9H2,1-2H3. The highest BCUT2D eigenvalue weighted by atomic mass is 19.1. The number of methoxy groups -OCH3 is 1. The molecule has 100 valence electrons. The van der Waals surface area contributed by atoms with E-state index in [1.807, 2.05) is 6.92 Å². The molecule has 0 fully saturated rings. The lowest BCUT2D eigenvalue weighted by Crippen LogP contribution is -2.18. The molecular weight excluding hydrogens is 237 g/mol. The Morgan fingerprint density at radius 1 is 1.44 bits per heavy atom. The summed E-state index contributed by atoms with van der Waals surface area (Å²) in [4.78, 5) is 11.3. The van der Waals surface area contributed by atoms with Crippen LogP contribution in [0.3, 0.4) is 0 Å². The number of anilines is 1. The van der Waals surface area contributed by atoms with Crippen molar-refractivity contribution in [2.24, 2.45) is 0 Å². The van der Waals surface area contributed by atoms with E-state index in [2.05, 4.69) is 5.32 Å². The molecule has 1 N–H and O–H groups in total. The van der Waals surface area contributed by atoms with Crippen molar-refractivity contribution in [1.82, 2.24) is 0 Å². The van der Waals surface area contributed by atoms with E-state index < -0.39 is 11.8 Å². The van der Waals surface area contributed by atoms with Gasteiger partial charge in [-0.1, -0.05) is 13.3 Å². The van der Waals surface area contributed by atoms with Crippen LogP contribution in [0.2, 0.25) is 0 Å². The number of unbranched alkanes of at least 4 members (excludes halogenated alkanes) is 1. The summed E-state index contributed by atoms with van der Waals surface area (Å²) in [5, 5.41) is 2.68. The number of rotatable bonds is 7. The van der Waals surface area contributed by atoms with Gasteiger partial charge in [-0.3, -0.25) is 4.79 Å². The number of nitrogens with one attached hydrogen (secondary N) is 1. The Bertz CT molecular complexity index is 396. The van der Waals surface area contributed by atoms with Gasteiger partial charge in [-0.05, 0) is 18.6 Å². The van der Waals surface area contributed by atoms with Gasteiger partial charge in [0.15, 0.2) is 0 Å². The van der Waals surface area contributed by atoms with Crippen molar-refractivity contribution in [3.8, 4) is 5.75 Å². The van der Waals surface area contributed by atoms with Gasteiger partial charge in [-0.15, -0.1) is 0 Å². The normalized spacial score (nSPS) is 9.94. The molecule has 0 aliphatic heterocycles. The van der Waals surface area contributed by atoms with Crippen molar-refractivity contribution >= 4 is 11.7 Å². The van der Waals surface area contributed by atoms with Gasteiger partial charge in [-0.25, -0.2) is 4.39 Å². The molecule has 0 spiro atoms. The number of hydrogen-bond acceptors (Lipinski definition) is 4. The highest BCUT2D eigenvalue weighted by Crippen LogP contribution is 2.20. The van der Waals surface area contributed by atoms with Crippen LogP contribution in [0, 0.1) is 5.82 Å². The summed E-state index contributed by atoms with van der Waals surface area (Å²) in [5.74, 6) is -0.305. The lowest BCUT2D eigenvalue weighted by molar-refractivity contribution is -0.141. The quantitative estimate of drug-likeness (QED) is 0.601. The highest BCUT2D eigenvalue weighted by molar-refractivity contribution is 5.75. The molecule has 0 atom stereocenters. The van der Waals surface area contributed by atoms with E-state index >= 15 is 0 Å². The molecular formula is C13H18FNO3. The summed E-state index contributed by atoms with van der Waals surface area (Å²) >= 11 is 0. The zero-order valence-electron chi connectivity index (χ0n) is 10.7. The second-order valence-electron chi connectivity index (χ2n) is 3.77. The van der Waals surface area contributed by atoms with Crippen LogP contribution >= 0.6 is 0 Å². The maximum Gasteiger partial charge on any atom is 0.325 e. The van der Waals surface area contributed by atoms with Gasteiger partial charge in [0.05, 0.1) is 19.4 Å². The minimum atomic E-state index is -0.433. The molecule has 5 heteroatoms. The van der Waals surface area contributed by atoms with E-state index in [0.29, 0.717) is 12.4 Å². The zero-order chi connectivity index (χ0) is 13.4. The van der Waals surface area contributed by atoms with E-state index in [0.717, 1.165) is 12.8 Å². The van der Waals surface area contributed by atoms with Crippen LogP contribution in [0.1, 0.15) is 19.8 Å². The van der Waals surface area contributed by atoms with Crippen LogP contribution in [0.4, 0.5) is 10.1 Å². The molecule has 0 saturated carbocycles. The van der Waals surface area contributed by atoms with Crippen molar-refractivity contribution in [2.75, 3.05) is 25.6 Å². The number of carbonyl (C=O) groups excluding carboxylic acids is 1. The average molecular weight is 255 g/mol. The van der Waals surface area contributed by atoms with Gasteiger partial charge in [0.25, 0.3) is 0 Å². The van der Waals surface area contributed by atoms with Gasteiger partial charge in [0, 0.05) is 6.07 Å². The molecule has 0 radical (unpaired) electrons. The van der Waals surface area contributed by atoms with Crippen LogP contribution in [0.25, 0.3) is 0 Å². The van der Waals surface area contributed by atoms with Crippen LogP contribution < -0.4 is 10.1 Å². The number of halogens is 1. The second-order valence-corrected chi connectivity index (χ2v) is 3.77. The molecule has 0 heterocycles. The first-order valence-corrected chi connectivity index (χ1v) is 5.90. The first-order chi connectivity index (χ1) is 8.67. The van der Waals surface area contributed by atoms with E-state index in [9.17, 15) is 9.18 Å². The average Bonchev–Trinajstić information content (AvgIpc) is 2.38. The summed E-state index contributed by atoms with van der Waals surface area (Å²) in [6, 6.07) is 4.29. The summed E-state index contributed by atoms with van der Waals surface area (Å²) in [5.41, 5.74) is 0.224. The topological polar surface area (TPSA) is 47.6 Å². The van der Waals surface area contributed by atoms with Gasteiger partial charge in [0.1, 0.15) is 18.1 Å². The minimum Gasteiger partial charge on any atom is -0.497 e. The van der Waals surface area contributed by atoms with Gasteiger partial charge >= 0.3 is 5.97 Å². The molecule has 18 heavy (non-hydrogen) atoms. The van der Waals surface area contributed by atoms with Crippen LogP contribution in [-0.4, -0.2) is 26.2 Å². The van der Waals surface area contributed by atoms with Crippen molar-refractivity contribution in [2.45, 2.75) is 19.8 Å². The maximum absolute atomic E-state index is 13.4. The maximum atomic E-state index is 13.4. The summed E-state index contributed by atoms with van der Waals surface area (Å²) in [7, 11) is 1.50. The molecule has 0 bridgehead atoms. The Morgan fingerprint density at radius 2 is 2.22 bits per heavy atom. The third kappa shape index (κ3) is 4.61. The van der Waals surface area contributed by atoms with E-state index in [4.69, 9.17) is 9.47 Å². The van der Waals surface area contributed by atoms with Gasteiger partial charge in [0.2, 0.25) is 0 Å². The Balaban J connectivity index is 2.45. The second kappa shape index (κ2) is 7.53. The number of ether oxygens (including phenoxy) is 2. The first kappa shape index (κ1) is 14.3. The third-order valence-electron chi connectivity index (χ3n) is 2.36. The van der Waals surface area contributed by atoms with Crippen LogP contribution in [0.15, 0.2) is 18.2 Å².